The summed E-state index contributed by atoms with van der Waals surface area (Å²) < 4.78 is 59.5. The van der Waals surface area contributed by atoms with Gasteiger partial charge in [-0.2, -0.15) is 0 Å². The van der Waals surface area contributed by atoms with Crippen LogP contribution in [0.25, 0.3) is 11.3 Å². The molecule has 0 amide bonds. The lowest BCUT2D eigenvalue weighted by Crippen LogP contribution is -2.43. The monoisotopic (exact) mass is 518 g/mol. The number of hydrogen-bond donors (Lipinski definition) is 2. The van der Waals surface area contributed by atoms with Gasteiger partial charge in [-0.15, -0.1) is 11.8 Å². The molecule has 0 radical (unpaired) electrons. The van der Waals surface area contributed by atoms with E-state index in [9.17, 15) is 17.6 Å². The smallest absolute Gasteiger partial charge is 0.228 e. The van der Waals surface area contributed by atoms with E-state index in [1.54, 1.807) is 11.0 Å². The summed E-state index contributed by atoms with van der Waals surface area (Å²) in [5, 5.41) is 5.81. The van der Waals surface area contributed by atoms with Gasteiger partial charge in [-0.05, 0) is 26.0 Å². The maximum absolute atomic E-state index is 15.0. The van der Waals surface area contributed by atoms with Crippen molar-refractivity contribution in [3.05, 3.63) is 53.7 Å². The molecule has 1 aromatic heterocycles. The van der Waals surface area contributed by atoms with Crippen LogP contribution in [-0.4, -0.2) is 54.5 Å². The molecular weight excluding hydrogens is 492 g/mol. The van der Waals surface area contributed by atoms with Crippen molar-refractivity contribution in [3.8, 4) is 11.3 Å². The summed E-state index contributed by atoms with van der Waals surface area (Å²) in [6, 6.07) is 5.25. The van der Waals surface area contributed by atoms with Crippen LogP contribution in [0.15, 0.2) is 35.4 Å². The lowest BCUT2D eigenvalue weighted by atomic mass is 10.1. The van der Waals surface area contributed by atoms with Crippen LogP contribution >= 0.6 is 11.8 Å². The number of benzene rings is 2. The summed E-state index contributed by atoms with van der Waals surface area (Å²) >= 11 is 1.42. The molecule has 0 saturated carbocycles. The first kappa shape index (κ1) is 24.6. The highest BCUT2D eigenvalue weighted by Gasteiger charge is 2.25. The molecule has 1 saturated heterocycles. The standard InChI is InChI=1S/C25H26F4N6S/c1-14(2)35-7-8-36-24-18(28)9-15(10-22(24)35)23-19(29)13-31-25(33-23)32-20-11-17(27)21(12-16(20)26)34-5-3-30-4-6-34/h9-14,30H,3-8H2,1-2H3,(H,31,32,33). The maximum Gasteiger partial charge on any atom is 0.228 e. The molecule has 2 aliphatic rings. The first-order chi connectivity index (χ1) is 17.3. The Morgan fingerprint density at radius 2 is 1.69 bits per heavy atom. The van der Waals surface area contributed by atoms with E-state index in [1.807, 2.05) is 13.8 Å². The molecule has 1 fully saturated rings. The highest BCUT2D eigenvalue weighted by molar-refractivity contribution is 7.99. The molecule has 2 aromatic carbocycles. The van der Waals surface area contributed by atoms with Gasteiger partial charge in [-0.25, -0.2) is 27.5 Å². The minimum atomic E-state index is -0.750. The first-order valence-corrected chi connectivity index (χ1v) is 12.8. The number of thioether (sulfide) groups is 1. The zero-order chi connectivity index (χ0) is 25.4. The van der Waals surface area contributed by atoms with Crippen molar-refractivity contribution < 1.29 is 17.6 Å². The third-order valence-corrected chi connectivity index (χ3v) is 7.37. The van der Waals surface area contributed by atoms with E-state index >= 15 is 0 Å². The van der Waals surface area contributed by atoms with E-state index in [0.29, 0.717) is 36.8 Å². The molecule has 5 rings (SSSR count). The Bertz CT molecular complexity index is 1280. The number of piperazine rings is 1. The molecule has 0 bridgehead atoms. The summed E-state index contributed by atoms with van der Waals surface area (Å²) in [6.07, 6.45) is 0.931. The van der Waals surface area contributed by atoms with Gasteiger partial charge in [0.2, 0.25) is 5.95 Å². The molecule has 3 aromatic rings. The van der Waals surface area contributed by atoms with Crippen molar-refractivity contribution >= 4 is 34.8 Å². The zero-order valence-corrected chi connectivity index (χ0v) is 20.7. The highest BCUT2D eigenvalue weighted by atomic mass is 32.2. The summed E-state index contributed by atoms with van der Waals surface area (Å²) in [6.45, 7) is 7.27. The molecular formula is C25H26F4N6S. The predicted octanol–water partition coefficient (Wildman–Crippen LogP) is 5.17. The van der Waals surface area contributed by atoms with Gasteiger partial charge in [0.05, 0.1) is 28.2 Å². The third kappa shape index (κ3) is 4.81. The van der Waals surface area contributed by atoms with Crippen LogP contribution in [0, 0.1) is 23.3 Å². The fourth-order valence-corrected chi connectivity index (χ4v) is 5.52. The summed E-state index contributed by atoms with van der Waals surface area (Å²) in [7, 11) is 0. The quantitative estimate of drug-likeness (QED) is 0.452. The lowest BCUT2D eigenvalue weighted by molar-refractivity contribution is 0.559. The van der Waals surface area contributed by atoms with Crippen molar-refractivity contribution in [2.75, 3.05) is 53.6 Å². The van der Waals surface area contributed by atoms with Crippen molar-refractivity contribution in [3.63, 3.8) is 0 Å². The second-order valence-electron chi connectivity index (χ2n) is 8.98. The average molecular weight is 519 g/mol. The van der Waals surface area contributed by atoms with Gasteiger partial charge in [0.1, 0.15) is 23.1 Å². The van der Waals surface area contributed by atoms with Crippen molar-refractivity contribution in [2.24, 2.45) is 0 Å². The number of fused-ring (bicyclic) bond motifs is 1. The Balaban J connectivity index is 1.47. The number of nitrogens with one attached hydrogen (secondary N) is 2. The van der Waals surface area contributed by atoms with E-state index in [4.69, 9.17) is 0 Å². The largest absolute Gasteiger partial charge is 0.367 e. The van der Waals surface area contributed by atoms with Crippen molar-refractivity contribution in [2.45, 2.75) is 24.8 Å². The molecule has 3 heterocycles. The fraction of sp³-hybridized carbons (Fsp3) is 0.360. The van der Waals surface area contributed by atoms with Crippen LogP contribution in [-0.2, 0) is 0 Å². The molecule has 2 N–H and O–H groups in total. The number of hydrogen-bond acceptors (Lipinski definition) is 7. The van der Waals surface area contributed by atoms with Crippen molar-refractivity contribution in [1.29, 1.82) is 0 Å². The maximum atomic E-state index is 15.0. The number of halogens is 4. The van der Waals surface area contributed by atoms with Gasteiger partial charge in [0.25, 0.3) is 0 Å². The predicted molar refractivity (Wildman–Crippen MR) is 135 cm³/mol. The van der Waals surface area contributed by atoms with Crippen LogP contribution in [0.1, 0.15) is 13.8 Å². The Morgan fingerprint density at radius 1 is 0.917 bits per heavy atom. The van der Waals surface area contributed by atoms with Gasteiger partial charge in [-0.1, -0.05) is 0 Å². The number of rotatable bonds is 5. The SMILES string of the molecule is CC(C)N1CCSc2c(F)cc(-c3nc(Nc4cc(F)c(N5CCNCC5)cc4F)ncc3F)cc21. The van der Waals surface area contributed by atoms with Crippen molar-refractivity contribution in [1.82, 2.24) is 15.3 Å². The van der Waals surface area contributed by atoms with Crippen LogP contribution in [0.5, 0.6) is 0 Å². The summed E-state index contributed by atoms with van der Waals surface area (Å²) in [5.41, 5.74) is 0.788. The summed E-state index contributed by atoms with van der Waals surface area (Å²) in [5.74, 6) is -1.86. The molecule has 0 atom stereocenters. The van der Waals surface area contributed by atoms with Crippen LogP contribution in [0.4, 0.5) is 40.6 Å². The minimum Gasteiger partial charge on any atom is -0.367 e. The first-order valence-electron chi connectivity index (χ1n) is 11.8. The third-order valence-electron chi connectivity index (χ3n) is 6.29. The number of aromatic nitrogens is 2. The molecule has 0 aliphatic carbocycles. The van der Waals surface area contributed by atoms with Crippen LogP contribution < -0.4 is 20.4 Å². The second-order valence-corrected chi connectivity index (χ2v) is 10.1. The minimum absolute atomic E-state index is 0.132. The molecule has 190 valence electrons. The summed E-state index contributed by atoms with van der Waals surface area (Å²) in [4.78, 5) is 12.4. The molecule has 36 heavy (non-hydrogen) atoms. The van der Waals surface area contributed by atoms with Crippen LogP contribution in [0.2, 0.25) is 0 Å². The van der Waals surface area contributed by atoms with Gasteiger partial charge in [0, 0.05) is 62.2 Å². The topological polar surface area (TPSA) is 56.3 Å². The molecule has 11 heteroatoms. The van der Waals surface area contributed by atoms with E-state index in [0.717, 1.165) is 30.6 Å². The Kier molecular flexibility index (Phi) is 6.94. The Labute approximate surface area is 211 Å². The molecule has 0 unspecified atom stereocenters. The van der Waals surface area contributed by atoms with Gasteiger partial charge in [0.15, 0.2) is 5.82 Å². The molecule has 0 spiro atoms. The fourth-order valence-electron chi connectivity index (χ4n) is 4.51. The van der Waals surface area contributed by atoms with E-state index in [1.165, 1.54) is 17.8 Å². The molecule has 6 nitrogen and oxygen atoms in total. The second kappa shape index (κ2) is 10.1. The Morgan fingerprint density at radius 3 is 2.44 bits per heavy atom. The van der Waals surface area contributed by atoms with Gasteiger partial charge < -0.3 is 20.4 Å². The number of anilines is 4. The number of nitrogens with zero attached hydrogens (tertiary/aromatic N) is 4. The van der Waals surface area contributed by atoms with Gasteiger partial charge in [-0.3, -0.25) is 0 Å². The average Bonchev–Trinajstić information content (AvgIpc) is 2.87. The normalized spacial score (nSPS) is 15.9. The van der Waals surface area contributed by atoms with Gasteiger partial charge >= 0.3 is 0 Å². The highest BCUT2D eigenvalue weighted by Crippen LogP contribution is 2.41. The lowest BCUT2D eigenvalue weighted by Gasteiger charge is -2.34. The van der Waals surface area contributed by atoms with E-state index in [-0.39, 0.29) is 34.6 Å². The van der Waals surface area contributed by atoms with E-state index in [2.05, 4.69) is 25.5 Å². The molecule has 2 aliphatic heterocycles. The zero-order valence-electron chi connectivity index (χ0n) is 19.9. The van der Waals surface area contributed by atoms with E-state index < -0.39 is 23.3 Å². The van der Waals surface area contributed by atoms with Crippen LogP contribution in [0.3, 0.4) is 0 Å². The Hall–Kier alpha value is -3.05.